The van der Waals surface area contributed by atoms with Crippen LogP contribution in [-0.2, 0) is 0 Å². The lowest BCUT2D eigenvalue weighted by atomic mass is 9.93. The maximum Gasteiger partial charge on any atom is 0.0434 e. The number of nitrogens with zero attached hydrogens (tertiary/aromatic N) is 1. The van der Waals surface area contributed by atoms with Gasteiger partial charge in [0, 0.05) is 31.4 Å². The number of anilines is 1. The largest absolute Gasteiger partial charge is 0.396 e. The summed E-state index contributed by atoms with van der Waals surface area (Å²) in [6, 6.07) is 9.16. The molecule has 1 aliphatic heterocycles. The predicted molar refractivity (Wildman–Crippen MR) is 89.8 cm³/mol. The Morgan fingerprint density at radius 1 is 1.38 bits per heavy atom. The molecule has 3 nitrogen and oxygen atoms in total. The van der Waals surface area contributed by atoms with Gasteiger partial charge in [0.25, 0.3) is 0 Å². The average Bonchev–Trinajstić information content (AvgIpc) is 2.53. The standard InChI is InChI=1S/C18H30N2O/c1-3-11-19-15(2)17-8-4-5-9-18(17)20-12-6-7-16(14-20)10-13-21/h4-5,8-9,15-16,19,21H,3,6-7,10-14H2,1-2H3. The number of benzene rings is 1. The van der Waals surface area contributed by atoms with Gasteiger partial charge >= 0.3 is 0 Å². The highest BCUT2D eigenvalue weighted by Gasteiger charge is 2.22. The van der Waals surface area contributed by atoms with E-state index in [4.69, 9.17) is 0 Å². The van der Waals surface area contributed by atoms with Gasteiger partial charge in [-0.05, 0) is 56.7 Å². The second kappa shape index (κ2) is 8.40. The minimum atomic E-state index is 0.314. The molecule has 1 saturated heterocycles. The topological polar surface area (TPSA) is 35.5 Å². The summed E-state index contributed by atoms with van der Waals surface area (Å²) in [5, 5.41) is 12.8. The van der Waals surface area contributed by atoms with Crippen molar-refractivity contribution in [3.05, 3.63) is 29.8 Å². The zero-order valence-electron chi connectivity index (χ0n) is 13.5. The van der Waals surface area contributed by atoms with Gasteiger partial charge in [-0.3, -0.25) is 0 Å². The molecule has 1 aromatic carbocycles. The third-order valence-electron chi connectivity index (χ3n) is 4.50. The maximum absolute atomic E-state index is 9.19. The molecule has 2 atom stereocenters. The summed E-state index contributed by atoms with van der Waals surface area (Å²) >= 11 is 0. The van der Waals surface area contributed by atoms with E-state index < -0.39 is 0 Å². The Morgan fingerprint density at radius 2 is 2.19 bits per heavy atom. The van der Waals surface area contributed by atoms with Gasteiger partial charge in [-0.2, -0.15) is 0 Å². The van der Waals surface area contributed by atoms with Crippen molar-refractivity contribution in [1.29, 1.82) is 0 Å². The maximum atomic E-state index is 9.19. The highest BCUT2D eigenvalue weighted by molar-refractivity contribution is 5.55. The Balaban J connectivity index is 2.11. The minimum absolute atomic E-state index is 0.314. The number of aliphatic hydroxyl groups is 1. The number of para-hydroxylation sites is 1. The first kappa shape index (κ1) is 16.3. The zero-order chi connectivity index (χ0) is 15.1. The molecule has 0 radical (unpaired) electrons. The van der Waals surface area contributed by atoms with Crippen LogP contribution in [0.5, 0.6) is 0 Å². The van der Waals surface area contributed by atoms with E-state index in [1.165, 1.54) is 24.1 Å². The van der Waals surface area contributed by atoms with Crippen LogP contribution in [0.25, 0.3) is 0 Å². The Morgan fingerprint density at radius 3 is 2.95 bits per heavy atom. The molecule has 1 aliphatic rings. The van der Waals surface area contributed by atoms with E-state index in [0.717, 1.165) is 32.5 Å². The van der Waals surface area contributed by atoms with E-state index in [1.54, 1.807) is 0 Å². The first-order valence-corrected chi connectivity index (χ1v) is 8.44. The zero-order valence-corrected chi connectivity index (χ0v) is 13.5. The Kier molecular flexibility index (Phi) is 6.52. The van der Waals surface area contributed by atoms with Crippen LogP contribution >= 0.6 is 0 Å². The molecule has 118 valence electrons. The van der Waals surface area contributed by atoms with Gasteiger partial charge < -0.3 is 15.3 Å². The van der Waals surface area contributed by atoms with Crippen molar-refractivity contribution in [3.8, 4) is 0 Å². The van der Waals surface area contributed by atoms with Gasteiger partial charge in [0.05, 0.1) is 0 Å². The van der Waals surface area contributed by atoms with E-state index in [9.17, 15) is 5.11 Å². The fourth-order valence-corrected chi connectivity index (χ4v) is 3.31. The molecule has 21 heavy (non-hydrogen) atoms. The molecule has 0 bridgehead atoms. The predicted octanol–water partition coefficient (Wildman–Crippen LogP) is 3.35. The van der Waals surface area contributed by atoms with Crippen LogP contribution in [0.4, 0.5) is 5.69 Å². The Hall–Kier alpha value is -1.06. The van der Waals surface area contributed by atoms with Gasteiger partial charge in [-0.15, -0.1) is 0 Å². The van der Waals surface area contributed by atoms with E-state index in [1.807, 2.05) is 0 Å². The van der Waals surface area contributed by atoms with Crippen molar-refractivity contribution in [3.63, 3.8) is 0 Å². The third kappa shape index (κ3) is 4.45. The van der Waals surface area contributed by atoms with Crippen molar-refractivity contribution in [2.45, 2.75) is 45.6 Å². The summed E-state index contributed by atoms with van der Waals surface area (Å²) in [5.74, 6) is 0.635. The molecule has 2 N–H and O–H groups in total. The van der Waals surface area contributed by atoms with Crippen LogP contribution in [0, 0.1) is 5.92 Å². The monoisotopic (exact) mass is 290 g/mol. The van der Waals surface area contributed by atoms with Crippen LogP contribution in [0.1, 0.15) is 51.1 Å². The number of aliphatic hydroxyl groups excluding tert-OH is 1. The van der Waals surface area contributed by atoms with Crippen LogP contribution in [0.15, 0.2) is 24.3 Å². The van der Waals surface area contributed by atoms with Crippen molar-refractivity contribution < 1.29 is 5.11 Å². The summed E-state index contributed by atoms with van der Waals surface area (Å²) in [6.45, 7) is 8.05. The number of piperidine rings is 1. The molecular formula is C18H30N2O. The van der Waals surface area contributed by atoms with Crippen molar-refractivity contribution in [2.24, 2.45) is 5.92 Å². The molecule has 1 aromatic rings. The third-order valence-corrected chi connectivity index (χ3v) is 4.50. The normalized spacial score (nSPS) is 20.5. The molecule has 2 unspecified atom stereocenters. The van der Waals surface area contributed by atoms with Crippen LogP contribution < -0.4 is 10.2 Å². The van der Waals surface area contributed by atoms with E-state index >= 15 is 0 Å². The number of nitrogens with one attached hydrogen (secondary N) is 1. The molecule has 1 heterocycles. The molecule has 1 fully saturated rings. The number of hydrogen-bond donors (Lipinski definition) is 2. The summed E-state index contributed by atoms with van der Waals surface area (Å²) in [6.07, 6.45) is 4.58. The lowest BCUT2D eigenvalue weighted by Gasteiger charge is -2.36. The first-order valence-electron chi connectivity index (χ1n) is 8.44. The van der Waals surface area contributed by atoms with Gasteiger partial charge in [-0.25, -0.2) is 0 Å². The quantitative estimate of drug-likeness (QED) is 0.808. The first-order chi connectivity index (χ1) is 10.3. The fraction of sp³-hybridized carbons (Fsp3) is 0.667. The van der Waals surface area contributed by atoms with E-state index in [2.05, 4.69) is 48.3 Å². The van der Waals surface area contributed by atoms with Gasteiger partial charge in [0.1, 0.15) is 0 Å². The summed E-state index contributed by atoms with van der Waals surface area (Å²) < 4.78 is 0. The lowest BCUT2D eigenvalue weighted by Crippen LogP contribution is -2.37. The summed E-state index contributed by atoms with van der Waals surface area (Å²) in [7, 11) is 0. The van der Waals surface area contributed by atoms with Crippen LogP contribution in [0.3, 0.4) is 0 Å². The lowest BCUT2D eigenvalue weighted by molar-refractivity contribution is 0.244. The Bertz CT molecular complexity index is 419. The van der Waals surface area contributed by atoms with Gasteiger partial charge in [0.15, 0.2) is 0 Å². The molecule has 2 rings (SSSR count). The molecule has 0 spiro atoms. The minimum Gasteiger partial charge on any atom is -0.396 e. The van der Waals surface area contributed by atoms with Crippen molar-refractivity contribution >= 4 is 5.69 Å². The molecule has 0 aromatic heterocycles. The second-order valence-corrected chi connectivity index (χ2v) is 6.20. The van der Waals surface area contributed by atoms with Gasteiger partial charge in [0.2, 0.25) is 0 Å². The smallest absolute Gasteiger partial charge is 0.0434 e. The van der Waals surface area contributed by atoms with Crippen molar-refractivity contribution in [1.82, 2.24) is 5.32 Å². The highest BCUT2D eigenvalue weighted by Crippen LogP contribution is 2.30. The molecule has 3 heteroatoms. The van der Waals surface area contributed by atoms with Crippen molar-refractivity contribution in [2.75, 3.05) is 31.1 Å². The molecule has 0 saturated carbocycles. The number of rotatable bonds is 7. The van der Waals surface area contributed by atoms with E-state index in [-0.39, 0.29) is 0 Å². The molecule has 0 aliphatic carbocycles. The fourth-order valence-electron chi connectivity index (χ4n) is 3.31. The van der Waals surface area contributed by atoms with Crippen LogP contribution in [0.2, 0.25) is 0 Å². The average molecular weight is 290 g/mol. The van der Waals surface area contributed by atoms with E-state index in [0.29, 0.717) is 18.6 Å². The SMILES string of the molecule is CCCNC(C)c1ccccc1N1CCCC(CCO)C1. The van der Waals surface area contributed by atoms with Crippen LogP contribution in [-0.4, -0.2) is 31.3 Å². The summed E-state index contributed by atoms with van der Waals surface area (Å²) in [4.78, 5) is 2.52. The number of hydrogen-bond acceptors (Lipinski definition) is 3. The Labute approximate surface area is 129 Å². The highest BCUT2D eigenvalue weighted by atomic mass is 16.3. The molecule has 0 amide bonds. The van der Waals surface area contributed by atoms with Gasteiger partial charge in [-0.1, -0.05) is 25.1 Å². The summed E-state index contributed by atoms with van der Waals surface area (Å²) in [5.41, 5.74) is 2.77. The second-order valence-electron chi connectivity index (χ2n) is 6.20. The molecular weight excluding hydrogens is 260 g/mol.